The average molecular weight is 457 g/mol. The Morgan fingerprint density at radius 2 is 0.879 bits per heavy atom. The van der Waals surface area contributed by atoms with E-state index in [0.717, 1.165) is 11.1 Å². The van der Waals surface area contributed by atoms with Crippen LogP contribution in [0.5, 0.6) is 11.5 Å². The van der Waals surface area contributed by atoms with Gasteiger partial charge in [-0.25, -0.2) is 4.57 Å². The number of rotatable bonds is 8. The Balaban J connectivity index is 1.59. The van der Waals surface area contributed by atoms with Gasteiger partial charge in [0.25, 0.3) is 0 Å². The molecular weight excluding hydrogens is 427 g/mol. The predicted octanol–water partition coefficient (Wildman–Crippen LogP) is 8.27. The third-order valence-electron chi connectivity index (χ3n) is 5.90. The fraction of sp³-hybridized carbons (Fsp3) is 0.172. The van der Waals surface area contributed by atoms with E-state index in [4.69, 9.17) is 9.05 Å². The zero-order chi connectivity index (χ0) is 23.3. The minimum absolute atomic E-state index is 0.0905. The molecule has 4 aromatic carbocycles. The summed E-state index contributed by atoms with van der Waals surface area (Å²) in [4.78, 5) is 0. The van der Waals surface area contributed by atoms with Crippen LogP contribution in [0.2, 0.25) is 0 Å². The van der Waals surface area contributed by atoms with Crippen molar-refractivity contribution in [2.45, 2.75) is 25.7 Å². The molecule has 4 aromatic rings. The molecule has 0 amide bonds. The fourth-order valence-electron chi connectivity index (χ4n) is 4.06. The minimum Gasteiger partial charge on any atom is -0.416 e. The van der Waals surface area contributed by atoms with E-state index in [9.17, 15) is 4.57 Å². The maximum absolute atomic E-state index is 13.5. The quantitative estimate of drug-likeness (QED) is 0.250. The van der Waals surface area contributed by atoms with Gasteiger partial charge >= 0.3 is 7.60 Å². The van der Waals surface area contributed by atoms with Crippen LogP contribution in [0.3, 0.4) is 0 Å². The lowest BCUT2D eigenvalue weighted by atomic mass is 9.93. The normalized spacial score (nSPS) is 14.6. The van der Waals surface area contributed by atoms with Gasteiger partial charge in [-0.3, -0.25) is 0 Å². The molecule has 0 heterocycles. The van der Waals surface area contributed by atoms with Crippen LogP contribution in [-0.4, -0.2) is 6.66 Å². The molecule has 0 aliphatic carbocycles. The average Bonchev–Trinajstić information content (AvgIpc) is 2.84. The van der Waals surface area contributed by atoms with Crippen molar-refractivity contribution in [1.29, 1.82) is 0 Å². The molecule has 0 bridgehead atoms. The summed E-state index contributed by atoms with van der Waals surface area (Å²) in [5.74, 6) is 1.34. The summed E-state index contributed by atoms with van der Waals surface area (Å²) in [6.07, 6.45) is 0. The molecule has 0 fully saturated rings. The van der Waals surface area contributed by atoms with Crippen molar-refractivity contribution < 1.29 is 13.6 Å². The first-order chi connectivity index (χ1) is 15.9. The van der Waals surface area contributed by atoms with Gasteiger partial charge in [-0.05, 0) is 23.3 Å². The molecule has 168 valence electrons. The van der Waals surface area contributed by atoms with Crippen molar-refractivity contribution in [2.75, 3.05) is 6.66 Å². The summed E-state index contributed by atoms with van der Waals surface area (Å²) in [5.41, 5.74) is 4.28. The highest BCUT2D eigenvalue weighted by molar-refractivity contribution is 7.53. The lowest BCUT2D eigenvalue weighted by molar-refractivity contribution is 0.389. The predicted molar refractivity (Wildman–Crippen MR) is 136 cm³/mol. The van der Waals surface area contributed by atoms with E-state index in [2.05, 4.69) is 38.1 Å². The molecule has 0 N–H and O–H groups in total. The molecule has 2 unspecified atom stereocenters. The third kappa shape index (κ3) is 5.56. The van der Waals surface area contributed by atoms with Crippen LogP contribution >= 0.6 is 7.60 Å². The number of hydrogen-bond acceptors (Lipinski definition) is 3. The maximum atomic E-state index is 13.5. The van der Waals surface area contributed by atoms with Gasteiger partial charge in [0.05, 0.1) is 6.66 Å². The summed E-state index contributed by atoms with van der Waals surface area (Å²) in [5, 5.41) is 0. The fourth-order valence-corrected chi connectivity index (χ4v) is 5.15. The van der Waals surface area contributed by atoms with Crippen LogP contribution in [0.25, 0.3) is 0 Å². The van der Waals surface area contributed by atoms with Gasteiger partial charge in [0.1, 0.15) is 11.5 Å². The Hall–Kier alpha value is -3.29. The molecule has 0 saturated carbocycles. The van der Waals surface area contributed by atoms with E-state index >= 15 is 0 Å². The van der Waals surface area contributed by atoms with Gasteiger partial charge in [0, 0.05) is 23.0 Å². The lowest BCUT2D eigenvalue weighted by Gasteiger charge is -2.23. The molecule has 0 radical (unpaired) electrons. The zero-order valence-corrected chi connectivity index (χ0v) is 20.1. The number of para-hydroxylation sites is 2. The van der Waals surface area contributed by atoms with E-state index in [0.29, 0.717) is 11.5 Å². The standard InChI is InChI=1S/C29H29O3P/c1-22(24-14-6-4-7-15-24)26-18-10-12-20-28(26)31-33(3,30)32-29-21-13-11-19-27(29)23(2)25-16-8-5-9-17-25/h4-23H,1-3H3. The first-order valence-electron chi connectivity index (χ1n) is 11.2. The summed E-state index contributed by atoms with van der Waals surface area (Å²) in [6.45, 7) is 5.77. The topological polar surface area (TPSA) is 35.5 Å². The second-order valence-corrected chi connectivity index (χ2v) is 10.2. The van der Waals surface area contributed by atoms with Crippen molar-refractivity contribution >= 4 is 7.60 Å². The molecule has 3 nitrogen and oxygen atoms in total. The van der Waals surface area contributed by atoms with E-state index in [-0.39, 0.29) is 11.8 Å². The van der Waals surface area contributed by atoms with Gasteiger partial charge in [-0.15, -0.1) is 0 Å². The van der Waals surface area contributed by atoms with Gasteiger partial charge in [0.2, 0.25) is 0 Å². The van der Waals surface area contributed by atoms with Crippen molar-refractivity contribution in [3.8, 4) is 11.5 Å². The van der Waals surface area contributed by atoms with Gasteiger partial charge in [-0.2, -0.15) is 0 Å². The van der Waals surface area contributed by atoms with Crippen LogP contribution in [0, 0.1) is 0 Å². The van der Waals surface area contributed by atoms with E-state index in [1.54, 1.807) is 0 Å². The molecule has 2 atom stereocenters. The Labute approximate surface area is 196 Å². The summed E-state index contributed by atoms with van der Waals surface area (Å²) >= 11 is 0. The van der Waals surface area contributed by atoms with Gasteiger partial charge in [0.15, 0.2) is 0 Å². The summed E-state index contributed by atoms with van der Waals surface area (Å²) in [6, 6.07) is 35.9. The minimum atomic E-state index is -3.45. The third-order valence-corrected chi connectivity index (χ3v) is 6.96. The largest absolute Gasteiger partial charge is 0.427 e. The van der Waals surface area contributed by atoms with Crippen LogP contribution in [0.1, 0.15) is 47.9 Å². The molecule has 0 aliphatic heterocycles. The summed E-state index contributed by atoms with van der Waals surface area (Å²) < 4.78 is 25.6. The number of hydrogen-bond donors (Lipinski definition) is 0. The Morgan fingerprint density at radius 1 is 0.545 bits per heavy atom. The van der Waals surface area contributed by atoms with Gasteiger partial charge < -0.3 is 9.05 Å². The van der Waals surface area contributed by atoms with Crippen LogP contribution in [0.15, 0.2) is 109 Å². The number of benzene rings is 4. The second-order valence-electron chi connectivity index (χ2n) is 8.29. The first kappa shape index (κ1) is 22.9. The summed E-state index contributed by atoms with van der Waals surface area (Å²) in [7, 11) is -3.45. The molecule has 4 heteroatoms. The second kappa shape index (κ2) is 10.1. The SMILES string of the molecule is CC(c1ccccc1)c1ccccc1OP(C)(=O)Oc1ccccc1C(C)c1ccccc1. The molecule has 0 saturated heterocycles. The molecule has 33 heavy (non-hydrogen) atoms. The first-order valence-corrected chi connectivity index (χ1v) is 13.2. The van der Waals surface area contributed by atoms with Crippen LogP contribution in [-0.2, 0) is 4.57 Å². The van der Waals surface area contributed by atoms with Crippen molar-refractivity contribution in [3.05, 3.63) is 131 Å². The van der Waals surface area contributed by atoms with E-state index in [1.807, 2.05) is 84.9 Å². The highest BCUT2D eigenvalue weighted by Crippen LogP contribution is 2.49. The Bertz CT molecular complexity index is 1140. The van der Waals surface area contributed by atoms with Gasteiger partial charge in [-0.1, -0.05) is 111 Å². The van der Waals surface area contributed by atoms with E-state index in [1.165, 1.54) is 17.8 Å². The van der Waals surface area contributed by atoms with Crippen molar-refractivity contribution in [3.63, 3.8) is 0 Å². The smallest absolute Gasteiger partial charge is 0.416 e. The Kier molecular flexibility index (Phi) is 7.01. The van der Waals surface area contributed by atoms with E-state index < -0.39 is 7.60 Å². The monoisotopic (exact) mass is 456 g/mol. The molecule has 0 aromatic heterocycles. The van der Waals surface area contributed by atoms with Crippen LogP contribution < -0.4 is 9.05 Å². The molecular formula is C29H29O3P. The molecule has 4 rings (SSSR count). The van der Waals surface area contributed by atoms with Crippen molar-refractivity contribution in [1.82, 2.24) is 0 Å². The molecule has 0 spiro atoms. The van der Waals surface area contributed by atoms with Crippen LogP contribution in [0.4, 0.5) is 0 Å². The Morgan fingerprint density at radius 3 is 1.27 bits per heavy atom. The maximum Gasteiger partial charge on any atom is 0.427 e. The van der Waals surface area contributed by atoms with Crippen molar-refractivity contribution in [2.24, 2.45) is 0 Å². The highest BCUT2D eigenvalue weighted by atomic mass is 31.2. The lowest BCUT2D eigenvalue weighted by Crippen LogP contribution is -2.06. The molecule has 0 aliphatic rings. The zero-order valence-electron chi connectivity index (χ0n) is 19.2. The highest BCUT2D eigenvalue weighted by Gasteiger charge is 2.26.